The van der Waals surface area contributed by atoms with Gasteiger partial charge in [0.2, 0.25) is 0 Å². The molecule has 1 aliphatic carbocycles. The number of nitrogens with one attached hydrogen (secondary N) is 1. The van der Waals surface area contributed by atoms with Gasteiger partial charge in [-0.1, -0.05) is 65.9 Å². The molecule has 0 unspecified atom stereocenters. The number of nitrogens with zero attached hydrogens (tertiary/aromatic N) is 1. The van der Waals surface area contributed by atoms with Gasteiger partial charge in [0.15, 0.2) is 0 Å². The van der Waals surface area contributed by atoms with Gasteiger partial charge in [0.1, 0.15) is 0 Å². The third-order valence-electron chi connectivity index (χ3n) is 6.33. The minimum atomic E-state index is -0.105. The molecule has 3 aromatic carbocycles. The van der Waals surface area contributed by atoms with Crippen LogP contribution in [0.15, 0.2) is 76.5 Å². The summed E-state index contributed by atoms with van der Waals surface area (Å²) in [7, 11) is 1.77. The third-order valence-corrected chi connectivity index (χ3v) is 7.41. The van der Waals surface area contributed by atoms with Crippen LogP contribution in [0, 0.1) is 6.92 Å². The van der Waals surface area contributed by atoms with Gasteiger partial charge in [-0.2, -0.15) is 0 Å². The molecule has 5 heteroatoms. The molecule has 166 valence electrons. The summed E-state index contributed by atoms with van der Waals surface area (Å²) in [4.78, 5) is 29.4. The fourth-order valence-corrected chi connectivity index (χ4v) is 5.68. The van der Waals surface area contributed by atoms with Crippen molar-refractivity contribution in [3.8, 4) is 0 Å². The highest BCUT2D eigenvalue weighted by molar-refractivity contribution is 8.04. The Labute approximate surface area is 198 Å². The van der Waals surface area contributed by atoms with E-state index in [-0.39, 0.29) is 17.9 Å². The zero-order valence-electron chi connectivity index (χ0n) is 18.8. The number of likely N-dealkylation sites (N-methyl/N-ethyl adjacent to an activating group) is 1. The highest BCUT2D eigenvalue weighted by Crippen LogP contribution is 2.42. The zero-order chi connectivity index (χ0) is 22.9. The minimum Gasteiger partial charge on any atom is -0.345 e. The molecular formula is C28H26N2O2S. The summed E-state index contributed by atoms with van der Waals surface area (Å²) in [5.41, 5.74) is 6.03. The Bertz CT molecular complexity index is 1280. The molecule has 0 saturated carbocycles. The van der Waals surface area contributed by atoms with Gasteiger partial charge in [0.25, 0.3) is 11.8 Å². The number of anilines is 1. The Morgan fingerprint density at radius 3 is 2.79 bits per heavy atom. The summed E-state index contributed by atoms with van der Waals surface area (Å²) in [5, 5.41) is 3.21. The number of benzene rings is 3. The van der Waals surface area contributed by atoms with Gasteiger partial charge in [-0.25, -0.2) is 0 Å². The number of thioether (sulfide) groups is 1. The second-order valence-electron chi connectivity index (χ2n) is 8.69. The Balaban J connectivity index is 1.38. The summed E-state index contributed by atoms with van der Waals surface area (Å²) in [5.74, 6) is -0.167. The van der Waals surface area contributed by atoms with Crippen molar-refractivity contribution >= 4 is 35.3 Å². The molecule has 4 nitrogen and oxygen atoms in total. The zero-order valence-corrected chi connectivity index (χ0v) is 19.6. The van der Waals surface area contributed by atoms with Crippen LogP contribution in [0.2, 0.25) is 0 Å². The lowest BCUT2D eigenvalue weighted by Gasteiger charge is -2.28. The number of carbonyl (C=O) groups is 2. The SMILES string of the molecule is Cc1cccc(/C=C2\Sc3ccc(C(=O)N[C@H]4CCCc5ccccc54)cc3N(C)C2=O)c1. The lowest BCUT2D eigenvalue weighted by Crippen LogP contribution is -2.32. The van der Waals surface area contributed by atoms with Crippen molar-refractivity contribution in [2.75, 3.05) is 11.9 Å². The van der Waals surface area contributed by atoms with Gasteiger partial charge in [-0.05, 0) is 67.2 Å². The summed E-state index contributed by atoms with van der Waals surface area (Å²) in [6.07, 6.45) is 5.00. The average Bonchev–Trinajstić information content (AvgIpc) is 2.82. The van der Waals surface area contributed by atoms with E-state index in [0.29, 0.717) is 10.5 Å². The van der Waals surface area contributed by atoms with E-state index in [1.807, 2.05) is 55.5 Å². The van der Waals surface area contributed by atoms with Crippen LogP contribution in [-0.2, 0) is 11.2 Å². The van der Waals surface area contributed by atoms with Crippen LogP contribution in [-0.4, -0.2) is 18.9 Å². The van der Waals surface area contributed by atoms with E-state index in [1.165, 1.54) is 22.9 Å². The smallest absolute Gasteiger partial charge is 0.264 e. The van der Waals surface area contributed by atoms with Gasteiger partial charge in [0.05, 0.1) is 16.6 Å². The molecule has 1 N–H and O–H groups in total. The van der Waals surface area contributed by atoms with Gasteiger partial charge in [0, 0.05) is 17.5 Å². The van der Waals surface area contributed by atoms with Crippen molar-refractivity contribution in [3.05, 3.63) is 99.5 Å². The Morgan fingerprint density at radius 1 is 1.09 bits per heavy atom. The van der Waals surface area contributed by atoms with Crippen LogP contribution in [0.25, 0.3) is 6.08 Å². The molecule has 1 aliphatic heterocycles. The van der Waals surface area contributed by atoms with Gasteiger partial charge < -0.3 is 10.2 Å². The minimum absolute atomic E-state index is 0.0242. The first-order valence-electron chi connectivity index (χ1n) is 11.3. The molecule has 1 heterocycles. The number of aryl methyl sites for hydroxylation is 2. The second-order valence-corrected chi connectivity index (χ2v) is 9.77. The monoisotopic (exact) mass is 454 g/mol. The Hall–Kier alpha value is -3.31. The fraction of sp³-hybridized carbons (Fsp3) is 0.214. The first-order chi connectivity index (χ1) is 16.0. The van der Waals surface area contributed by atoms with Gasteiger partial charge in [-0.15, -0.1) is 0 Å². The van der Waals surface area contributed by atoms with Crippen molar-refractivity contribution in [2.45, 2.75) is 37.1 Å². The number of fused-ring (bicyclic) bond motifs is 2. The van der Waals surface area contributed by atoms with Crippen molar-refractivity contribution in [1.82, 2.24) is 5.32 Å². The number of amides is 2. The van der Waals surface area contributed by atoms with Crippen molar-refractivity contribution in [1.29, 1.82) is 0 Å². The first-order valence-corrected chi connectivity index (χ1v) is 12.1. The first kappa shape index (κ1) is 21.5. The van der Waals surface area contributed by atoms with Gasteiger partial charge >= 0.3 is 0 Å². The summed E-state index contributed by atoms with van der Waals surface area (Å²) in [6, 6.07) is 22.1. The van der Waals surface area contributed by atoms with Crippen molar-refractivity contribution < 1.29 is 9.59 Å². The van der Waals surface area contributed by atoms with E-state index in [2.05, 4.69) is 29.6 Å². The highest BCUT2D eigenvalue weighted by atomic mass is 32.2. The Kier molecular flexibility index (Phi) is 5.81. The molecular weight excluding hydrogens is 428 g/mol. The molecule has 5 rings (SSSR count). The van der Waals surface area contributed by atoms with E-state index in [4.69, 9.17) is 0 Å². The largest absolute Gasteiger partial charge is 0.345 e. The van der Waals surface area contributed by atoms with E-state index in [9.17, 15) is 9.59 Å². The van der Waals surface area contributed by atoms with Crippen molar-refractivity contribution in [2.24, 2.45) is 0 Å². The standard InChI is InChI=1S/C28H26N2O2S/c1-18-7-5-8-19(15-18)16-26-28(32)30(2)24-17-21(13-14-25(24)33-26)27(31)29-23-12-6-10-20-9-3-4-11-22(20)23/h3-5,7-9,11,13-17,23H,6,10,12H2,1-2H3,(H,29,31)/b26-16-/t23-/m0/s1. The van der Waals surface area contributed by atoms with Gasteiger partial charge in [-0.3, -0.25) is 9.59 Å². The highest BCUT2D eigenvalue weighted by Gasteiger charge is 2.28. The van der Waals surface area contributed by atoms with E-state index in [1.54, 1.807) is 11.9 Å². The molecule has 0 aromatic heterocycles. The predicted molar refractivity (Wildman–Crippen MR) is 134 cm³/mol. The lowest BCUT2D eigenvalue weighted by atomic mass is 9.87. The summed E-state index contributed by atoms with van der Waals surface area (Å²) >= 11 is 1.45. The molecule has 0 saturated heterocycles. The maximum atomic E-state index is 13.1. The van der Waals surface area contributed by atoms with Crippen LogP contribution < -0.4 is 10.2 Å². The maximum Gasteiger partial charge on any atom is 0.264 e. The molecule has 0 fully saturated rings. The van der Waals surface area contributed by atoms with E-state index < -0.39 is 0 Å². The summed E-state index contributed by atoms with van der Waals surface area (Å²) < 4.78 is 0. The summed E-state index contributed by atoms with van der Waals surface area (Å²) in [6.45, 7) is 2.04. The van der Waals surface area contributed by atoms with Crippen LogP contribution in [0.4, 0.5) is 5.69 Å². The molecule has 0 bridgehead atoms. The fourth-order valence-electron chi connectivity index (χ4n) is 4.59. The van der Waals surface area contributed by atoms with Crippen LogP contribution in [0.5, 0.6) is 0 Å². The second kappa shape index (κ2) is 8.91. The molecule has 2 amide bonds. The van der Waals surface area contributed by atoms with Crippen LogP contribution in [0.1, 0.15) is 51.5 Å². The molecule has 3 aromatic rings. The number of carbonyl (C=O) groups excluding carboxylic acids is 2. The molecule has 1 atom stereocenters. The molecule has 0 radical (unpaired) electrons. The van der Waals surface area contributed by atoms with Crippen LogP contribution >= 0.6 is 11.8 Å². The lowest BCUT2D eigenvalue weighted by molar-refractivity contribution is -0.114. The number of hydrogen-bond acceptors (Lipinski definition) is 3. The molecule has 0 spiro atoms. The average molecular weight is 455 g/mol. The number of hydrogen-bond donors (Lipinski definition) is 1. The topological polar surface area (TPSA) is 49.4 Å². The molecule has 33 heavy (non-hydrogen) atoms. The quantitative estimate of drug-likeness (QED) is 0.501. The van der Waals surface area contributed by atoms with Crippen molar-refractivity contribution in [3.63, 3.8) is 0 Å². The molecule has 2 aliphatic rings. The van der Waals surface area contributed by atoms with E-state index in [0.717, 1.165) is 41.0 Å². The maximum absolute atomic E-state index is 13.1. The van der Waals surface area contributed by atoms with E-state index >= 15 is 0 Å². The van der Waals surface area contributed by atoms with Crippen LogP contribution in [0.3, 0.4) is 0 Å². The Morgan fingerprint density at radius 2 is 1.94 bits per heavy atom. The third kappa shape index (κ3) is 4.33. The number of rotatable bonds is 3. The normalized spacial score (nSPS) is 18.6. The predicted octanol–water partition coefficient (Wildman–Crippen LogP) is 5.91.